The molecule has 2 unspecified atom stereocenters. The molecule has 0 aliphatic carbocycles. The molecular weight excluding hydrogens is 230 g/mol. The van der Waals surface area contributed by atoms with Crippen molar-refractivity contribution >= 4 is 5.97 Å². The summed E-state index contributed by atoms with van der Waals surface area (Å²) in [6, 6.07) is 10.2. The molecule has 1 N–H and O–H groups in total. The fourth-order valence-electron chi connectivity index (χ4n) is 1.92. The highest BCUT2D eigenvalue weighted by atomic mass is 16.6. The molecule has 100 valence electrons. The van der Waals surface area contributed by atoms with E-state index in [1.807, 2.05) is 30.1 Å². The van der Waals surface area contributed by atoms with E-state index in [9.17, 15) is 9.90 Å². The number of ether oxygens (including phenoxy) is 1. The minimum Gasteiger partial charge on any atom is -0.435 e. The van der Waals surface area contributed by atoms with Crippen LogP contribution in [0.5, 0.6) is 0 Å². The Morgan fingerprint density at radius 1 is 1.33 bits per heavy atom. The largest absolute Gasteiger partial charge is 0.435 e. The maximum Gasteiger partial charge on any atom is 0.304 e. The highest BCUT2D eigenvalue weighted by Crippen LogP contribution is 2.15. The van der Waals surface area contributed by atoms with Crippen molar-refractivity contribution in [3.63, 3.8) is 0 Å². The standard InChI is InChI=1S/C14H21NO3/c1-11(13-7-5-4-6-8-13)9-15(3)10-14(17)18-12(2)16/h4-8,11,14,17H,9-10H2,1-3H3. The average molecular weight is 251 g/mol. The Labute approximate surface area is 108 Å². The lowest BCUT2D eigenvalue weighted by atomic mass is 10.0. The minimum absolute atomic E-state index is 0.316. The Hall–Kier alpha value is -1.39. The van der Waals surface area contributed by atoms with Crippen LogP contribution in [0.15, 0.2) is 30.3 Å². The van der Waals surface area contributed by atoms with E-state index in [4.69, 9.17) is 0 Å². The summed E-state index contributed by atoms with van der Waals surface area (Å²) in [6.07, 6.45) is -1.06. The zero-order chi connectivity index (χ0) is 13.5. The first-order valence-corrected chi connectivity index (χ1v) is 6.08. The van der Waals surface area contributed by atoms with Gasteiger partial charge in [-0.2, -0.15) is 0 Å². The number of nitrogens with zero attached hydrogens (tertiary/aromatic N) is 1. The van der Waals surface area contributed by atoms with Crippen LogP contribution < -0.4 is 0 Å². The Morgan fingerprint density at radius 3 is 2.50 bits per heavy atom. The van der Waals surface area contributed by atoms with E-state index >= 15 is 0 Å². The van der Waals surface area contributed by atoms with Crippen molar-refractivity contribution in [3.05, 3.63) is 35.9 Å². The Balaban J connectivity index is 2.40. The summed E-state index contributed by atoms with van der Waals surface area (Å²) in [5.74, 6) is -0.104. The van der Waals surface area contributed by atoms with E-state index in [0.29, 0.717) is 12.5 Å². The zero-order valence-corrected chi connectivity index (χ0v) is 11.2. The molecule has 0 saturated heterocycles. The van der Waals surface area contributed by atoms with E-state index in [2.05, 4.69) is 23.8 Å². The van der Waals surface area contributed by atoms with Crippen LogP contribution in [0, 0.1) is 0 Å². The molecule has 1 rings (SSSR count). The van der Waals surface area contributed by atoms with E-state index in [1.165, 1.54) is 12.5 Å². The van der Waals surface area contributed by atoms with Gasteiger partial charge in [-0.25, -0.2) is 0 Å². The third-order valence-electron chi connectivity index (χ3n) is 2.72. The van der Waals surface area contributed by atoms with Gasteiger partial charge in [0.1, 0.15) is 0 Å². The molecule has 0 aliphatic heterocycles. The predicted molar refractivity (Wildman–Crippen MR) is 70.1 cm³/mol. The molecule has 0 amide bonds. The quantitative estimate of drug-likeness (QED) is 0.616. The van der Waals surface area contributed by atoms with Gasteiger partial charge in [0.2, 0.25) is 6.29 Å². The molecule has 0 radical (unpaired) electrons. The number of rotatable bonds is 6. The summed E-state index contributed by atoms with van der Waals surface area (Å²) < 4.78 is 4.68. The van der Waals surface area contributed by atoms with Crippen molar-refractivity contribution in [2.24, 2.45) is 0 Å². The number of aliphatic hydroxyl groups is 1. The van der Waals surface area contributed by atoms with Gasteiger partial charge >= 0.3 is 5.97 Å². The van der Waals surface area contributed by atoms with Gasteiger partial charge in [-0.15, -0.1) is 0 Å². The van der Waals surface area contributed by atoms with E-state index < -0.39 is 12.3 Å². The number of likely N-dealkylation sites (N-methyl/N-ethyl adjacent to an activating group) is 1. The highest BCUT2D eigenvalue weighted by molar-refractivity contribution is 5.66. The SMILES string of the molecule is CC(=O)OC(O)CN(C)CC(C)c1ccccc1. The molecule has 0 aromatic heterocycles. The summed E-state index contributed by atoms with van der Waals surface area (Å²) >= 11 is 0. The van der Waals surface area contributed by atoms with Crippen molar-refractivity contribution in [1.82, 2.24) is 4.90 Å². The molecule has 0 bridgehead atoms. The number of aliphatic hydroxyl groups excluding tert-OH is 1. The van der Waals surface area contributed by atoms with Gasteiger partial charge in [0.05, 0.1) is 6.54 Å². The van der Waals surface area contributed by atoms with Crippen LogP contribution in [-0.4, -0.2) is 42.4 Å². The second-order valence-corrected chi connectivity index (χ2v) is 4.60. The van der Waals surface area contributed by atoms with Crippen molar-refractivity contribution in [2.45, 2.75) is 26.1 Å². The number of benzene rings is 1. The van der Waals surface area contributed by atoms with Gasteiger partial charge in [-0.1, -0.05) is 37.3 Å². The second-order valence-electron chi connectivity index (χ2n) is 4.60. The van der Waals surface area contributed by atoms with Crippen molar-refractivity contribution in [3.8, 4) is 0 Å². The number of hydrogen-bond donors (Lipinski definition) is 1. The Bertz CT molecular complexity index is 367. The van der Waals surface area contributed by atoms with Crippen LogP contribution >= 0.6 is 0 Å². The summed E-state index contributed by atoms with van der Waals surface area (Å²) in [5.41, 5.74) is 1.26. The summed E-state index contributed by atoms with van der Waals surface area (Å²) in [5, 5.41) is 9.49. The average Bonchev–Trinajstić information content (AvgIpc) is 2.28. The molecule has 1 aromatic carbocycles. The normalized spacial score (nSPS) is 14.3. The molecule has 2 atom stereocenters. The molecule has 18 heavy (non-hydrogen) atoms. The highest BCUT2D eigenvalue weighted by Gasteiger charge is 2.13. The second kappa shape index (κ2) is 7.13. The van der Waals surface area contributed by atoms with Gasteiger partial charge in [0.15, 0.2) is 0 Å². The molecule has 0 spiro atoms. The molecular formula is C14H21NO3. The monoisotopic (exact) mass is 251 g/mol. The fourth-order valence-corrected chi connectivity index (χ4v) is 1.92. The number of carbonyl (C=O) groups excluding carboxylic acids is 1. The first-order chi connectivity index (χ1) is 8.49. The Kier molecular flexibility index (Phi) is 5.82. The number of hydrogen-bond acceptors (Lipinski definition) is 4. The van der Waals surface area contributed by atoms with Crippen molar-refractivity contribution in [1.29, 1.82) is 0 Å². The van der Waals surface area contributed by atoms with Crippen LogP contribution in [0.1, 0.15) is 25.3 Å². The zero-order valence-electron chi connectivity index (χ0n) is 11.2. The minimum atomic E-state index is -1.06. The summed E-state index contributed by atoms with van der Waals surface area (Å²) in [7, 11) is 1.89. The predicted octanol–water partition coefficient (Wildman–Crippen LogP) is 1.60. The van der Waals surface area contributed by atoms with Crippen LogP contribution in [0.3, 0.4) is 0 Å². The van der Waals surface area contributed by atoms with Gasteiger partial charge in [-0.3, -0.25) is 9.69 Å². The summed E-state index contributed by atoms with van der Waals surface area (Å²) in [6.45, 7) is 4.53. The van der Waals surface area contributed by atoms with Crippen molar-refractivity contribution in [2.75, 3.05) is 20.1 Å². The van der Waals surface area contributed by atoms with Crippen LogP contribution in [0.25, 0.3) is 0 Å². The molecule has 0 heterocycles. The van der Waals surface area contributed by atoms with E-state index in [1.54, 1.807) is 0 Å². The van der Waals surface area contributed by atoms with Gasteiger partial charge in [0, 0.05) is 13.5 Å². The lowest BCUT2D eigenvalue weighted by Crippen LogP contribution is -2.34. The van der Waals surface area contributed by atoms with Gasteiger partial charge in [0.25, 0.3) is 0 Å². The van der Waals surface area contributed by atoms with Crippen LogP contribution in [0.4, 0.5) is 0 Å². The third kappa shape index (κ3) is 5.29. The summed E-state index contributed by atoms with van der Waals surface area (Å²) in [4.78, 5) is 12.6. The van der Waals surface area contributed by atoms with E-state index in [-0.39, 0.29) is 0 Å². The topological polar surface area (TPSA) is 49.8 Å². The molecule has 0 saturated carbocycles. The van der Waals surface area contributed by atoms with Gasteiger partial charge < -0.3 is 9.84 Å². The Morgan fingerprint density at radius 2 is 1.94 bits per heavy atom. The molecule has 0 fully saturated rings. The lowest BCUT2D eigenvalue weighted by molar-refractivity contribution is -0.167. The number of esters is 1. The molecule has 4 nitrogen and oxygen atoms in total. The first-order valence-electron chi connectivity index (χ1n) is 6.08. The van der Waals surface area contributed by atoms with Gasteiger partial charge in [-0.05, 0) is 18.5 Å². The van der Waals surface area contributed by atoms with E-state index in [0.717, 1.165) is 6.54 Å². The lowest BCUT2D eigenvalue weighted by Gasteiger charge is -2.23. The smallest absolute Gasteiger partial charge is 0.304 e. The first kappa shape index (κ1) is 14.7. The molecule has 1 aromatic rings. The van der Waals surface area contributed by atoms with Crippen LogP contribution in [0.2, 0.25) is 0 Å². The maximum atomic E-state index is 10.7. The maximum absolute atomic E-state index is 10.7. The number of carbonyl (C=O) groups is 1. The fraction of sp³-hybridized carbons (Fsp3) is 0.500. The van der Waals surface area contributed by atoms with Crippen LogP contribution in [-0.2, 0) is 9.53 Å². The van der Waals surface area contributed by atoms with Crippen molar-refractivity contribution < 1.29 is 14.6 Å². The molecule has 0 aliphatic rings. The third-order valence-corrected chi connectivity index (χ3v) is 2.72. The molecule has 4 heteroatoms.